The third-order valence-electron chi connectivity index (χ3n) is 3.53. The van der Waals surface area contributed by atoms with Crippen LogP contribution < -0.4 is 5.32 Å². The van der Waals surface area contributed by atoms with E-state index in [9.17, 15) is 9.59 Å². The highest BCUT2D eigenvalue weighted by Crippen LogP contribution is 2.20. The molecule has 1 N–H and O–H groups in total. The van der Waals surface area contributed by atoms with Gasteiger partial charge in [-0.15, -0.1) is 0 Å². The van der Waals surface area contributed by atoms with Crippen LogP contribution in [0.4, 0.5) is 0 Å². The molecule has 21 heavy (non-hydrogen) atoms. The van der Waals surface area contributed by atoms with E-state index in [0.717, 1.165) is 31.5 Å². The van der Waals surface area contributed by atoms with Gasteiger partial charge in [-0.05, 0) is 31.5 Å². The first-order valence-corrected chi connectivity index (χ1v) is 7.26. The zero-order valence-corrected chi connectivity index (χ0v) is 12.2. The van der Waals surface area contributed by atoms with Crippen molar-refractivity contribution in [3.05, 3.63) is 35.9 Å². The van der Waals surface area contributed by atoms with Crippen molar-refractivity contribution in [2.75, 3.05) is 19.7 Å². The summed E-state index contributed by atoms with van der Waals surface area (Å²) in [4.78, 5) is 23.2. The van der Waals surface area contributed by atoms with Crippen molar-refractivity contribution >= 4 is 11.9 Å². The third-order valence-corrected chi connectivity index (χ3v) is 3.53. The van der Waals surface area contributed by atoms with E-state index < -0.39 is 6.10 Å². The first-order chi connectivity index (χ1) is 10.2. The number of carbonyl (C=O) groups excluding carboxylic acids is 2. The summed E-state index contributed by atoms with van der Waals surface area (Å²) in [5, 5.41) is 3.21. The van der Waals surface area contributed by atoms with Gasteiger partial charge in [0.25, 0.3) is 0 Å². The topological polar surface area (TPSA) is 64.6 Å². The van der Waals surface area contributed by atoms with E-state index in [4.69, 9.17) is 9.47 Å². The van der Waals surface area contributed by atoms with Crippen LogP contribution in [-0.4, -0.2) is 31.6 Å². The lowest BCUT2D eigenvalue weighted by atomic mass is 9.98. The van der Waals surface area contributed by atoms with E-state index in [1.807, 2.05) is 30.3 Å². The van der Waals surface area contributed by atoms with Crippen molar-refractivity contribution < 1.29 is 19.1 Å². The van der Waals surface area contributed by atoms with Crippen LogP contribution >= 0.6 is 0 Å². The summed E-state index contributed by atoms with van der Waals surface area (Å²) in [6.45, 7) is 3.09. The third kappa shape index (κ3) is 4.86. The summed E-state index contributed by atoms with van der Waals surface area (Å²) < 4.78 is 10.6. The van der Waals surface area contributed by atoms with Crippen LogP contribution in [-0.2, 0) is 19.1 Å². The minimum atomic E-state index is -0.547. The molecule has 1 heterocycles. The number of rotatable bonds is 5. The van der Waals surface area contributed by atoms with Gasteiger partial charge in [0.2, 0.25) is 0 Å². The zero-order valence-electron chi connectivity index (χ0n) is 12.2. The molecule has 0 radical (unpaired) electrons. The van der Waals surface area contributed by atoms with Gasteiger partial charge >= 0.3 is 11.9 Å². The first-order valence-electron chi connectivity index (χ1n) is 7.26. The molecule has 0 amide bonds. The number of carbonyl (C=O) groups is 2. The quantitative estimate of drug-likeness (QED) is 0.839. The minimum absolute atomic E-state index is 0.0556. The second kappa shape index (κ2) is 7.78. The number of piperidine rings is 1. The zero-order chi connectivity index (χ0) is 15.1. The van der Waals surface area contributed by atoms with Gasteiger partial charge in [0, 0.05) is 6.92 Å². The molecular formula is C16H21NO4. The minimum Gasteiger partial charge on any atom is -0.461 e. The standard InChI is InChI=1S/C16H21NO4/c1-12(18)21-15(13-5-3-2-4-6-13)11-20-16(19)14-7-9-17-10-8-14/h2-6,14-15,17H,7-11H2,1H3. The van der Waals surface area contributed by atoms with E-state index >= 15 is 0 Å². The molecule has 1 saturated heterocycles. The summed E-state index contributed by atoms with van der Waals surface area (Å²) in [6, 6.07) is 9.31. The van der Waals surface area contributed by atoms with E-state index in [-0.39, 0.29) is 24.5 Å². The molecule has 1 unspecified atom stereocenters. The van der Waals surface area contributed by atoms with Gasteiger partial charge in [0.1, 0.15) is 6.61 Å². The monoisotopic (exact) mass is 291 g/mol. The molecule has 0 spiro atoms. The highest BCUT2D eigenvalue weighted by Gasteiger charge is 2.24. The Morgan fingerprint density at radius 3 is 2.52 bits per heavy atom. The fourth-order valence-corrected chi connectivity index (χ4v) is 2.40. The van der Waals surface area contributed by atoms with Crippen LogP contribution in [0, 0.1) is 5.92 Å². The molecule has 1 aliphatic rings. The Morgan fingerprint density at radius 1 is 1.24 bits per heavy atom. The molecule has 1 atom stereocenters. The van der Waals surface area contributed by atoms with E-state index in [2.05, 4.69) is 5.32 Å². The summed E-state index contributed by atoms with van der Waals surface area (Å²) >= 11 is 0. The molecule has 0 aromatic heterocycles. The summed E-state index contributed by atoms with van der Waals surface area (Å²) in [7, 11) is 0. The first kappa shape index (κ1) is 15.5. The lowest BCUT2D eigenvalue weighted by Gasteiger charge is -2.23. The molecule has 1 fully saturated rings. The average molecular weight is 291 g/mol. The van der Waals surface area contributed by atoms with Crippen LogP contribution in [0.15, 0.2) is 30.3 Å². The molecule has 1 aromatic carbocycles. The number of nitrogens with one attached hydrogen (secondary N) is 1. The van der Waals surface area contributed by atoms with Crippen LogP contribution in [0.3, 0.4) is 0 Å². The Bertz CT molecular complexity index is 468. The predicted octanol–water partition coefficient (Wildman–Crippen LogP) is 1.83. The molecular weight excluding hydrogens is 270 g/mol. The van der Waals surface area contributed by atoms with Gasteiger partial charge in [-0.2, -0.15) is 0 Å². The second-order valence-electron chi connectivity index (χ2n) is 5.16. The Kier molecular flexibility index (Phi) is 5.75. The van der Waals surface area contributed by atoms with Crippen LogP contribution in [0.2, 0.25) is 0 Å². The van der Waals surface area contributed by atoms with Crippen molar-refractivity contribution in [2.45, 2.75) is 25.9 Å². The molecule has 5 nitrogen and oxygen atoms in total. The van der Waals surface area contributed by atoms with Crippen molar-refractivity contribution in [1.82, 2.24) is 5.32 Å². The Labute approximate surface area is 124 Å². The maximum absolute atomic E-state index is 12.0. The predicted molar refractivity (Wildman–Crippen MR) is 77.5 cm³/mol. The summed E-state index contributed by atoms with van der Waals surface area (Å²) in [5.41, 5.74) is 0.825. The SMILES string of the molecule is CC(=O)OC(COC(=O)C1CCNCC1)c1ccccc1. The lowest BCUT2D eigenvalue weighted by Crippen LogP contribution is -2.33. The van der Waals surface area contributed by atoms with E-state index in [0.29, 0.717) is 0 Å². The average Bonchev–Trinajstić information content (AvgIpc) is 2.52. The maximum Gasteiger partial charge on any atom is 0.309 e. The lowest BCUT2D eigenvalue weighted by molar-refractivity contribution is -0.161. The van der Waals surface area contributed by atoms with Gasteiger partial charge < -0.3 is 14.8 Å². The van der Waals surface area contributed by atoms with E-state index in [1.165, 1.54) is 6.92 Å². The van der Waals surface area contributed by atoms with Crippen molar-refractivity contribution in [3.63, 3.8) is 0 Å². The molecule has 5 heteroatoms. The molecule has 0 saturated carbocycles. The molecule has 114 valence electrons. The van der Waals surface area contributed by atoms with Crippen molar-refractivity contribution in [2.24, 2.45) is 5.92 Å². The highest BCUT2D eigenvalue weighted by atomic mass is 16.6. The van der Waals surface area contributed by atoms with Gasteiger partial charge in [-0.25, -0.2) is 0 Å². The molecule has 1 aliphatic heterocycles. The van der Waals surface area contributed by atoms with Crippen molar-refractivity contribution in [1.29, 1.82) is 0 Å². The maximum atomic E-state index is 12.0. The van der Waals surface area contributed by atoms with Crippen LogP contribution in [0.25, 0.3) is 0 Å². The van der Waals surface area contributed by atoms with Gasteiger partial charge in [0.15, 0.2) is 6.10 Å². The Morgan fingerprint density at radius 2 is 1.90 bits per heavy atom. The molecule has 2 rings (SSSR count). The normalized spacial score (nSPS) is 17.0. The largest absolute Gasteiger partial charge is 0.461 e. The van der Waals surface area contributed by atoms with Crippen LogP contribution in [0.1, 0.15) is 31.4 Å². The second-order valence-corrected chi connectivity index (χ2v) is 5.16. The molecule has 0 bridgehead atoms. The summed E-state index contributed by atoms with van der Waals surface area (Å²) in [5.74, 6) is -0.647. The van der Waals surface area contributed by atoms with Crippen LogP contribution in [0.5, 0.6) is 0 Å². The molecule has 0 aliphatic carbocycles. The van der Waals surface area contributed by atoms with Gasteiger partial charge in [-0.3, -0.25) is 9.59 Å². The molecule has 1 aromatic rings. The fraction of sp³-hybridized carbons (Fsp3) is 0.500. The van der Waals surface area contributed by atoms with Gasteiger partial charge in [0.05, 0.1) is 5.92 Å². The Hall–Kier alpha value is -1.88. The van der Waals surface area contributed by atoms with E-state index in [1.54, 1.807) is 0 Å². The Balaban J connectivity index is 1.92. The summed E-state index contributed by atoms with van der Waals surface area (Å²) in [6.07, 6.45) is 1.04. The number of hydrogen-bond acceptors (Lipinski definition) is 5. The van der Waals surface area contributed by atoms with Gasteiger partial charge in [-0.1, -0.05) is 30.3 Å². The van der Waals surface area contributed by atoms with Crippen molar-refractivity contribution in [3.8, 4) is 0 Å². The number of hydrogen-bond donors (Lipinski definition) is 1. The number of esters is 2. The highest BCUT2D eigenvalue weighted by molar-refractivity contribution is 5.72. The smallest absolute Gasteiger partial charge is 0.309 e. The number of ether oxygens (including phenoxy) is 2. The fourth-order valence-electron chi connectivity index (χ4n) is 2.40. The number of benzene rings is 1.